The Kier molecular flexibility index (Phi) is 4.05. The summed E-state index contributed by atoms with van der Waals surface area (Å²) in [7, 11) is 0. The number of nitrogens with one attached hydrogen (secondary N) is 2. The van der Waals surface area contributed by atoms with Gasteiger partial charge in [-0.2, -0.15) is 5.10 Å². The molecule has 3 aromatic rings. The fourth-order valence-corrected chi connectivity index (χ4v) is 1.94. The smallest absolute Gasteiger partial charge is 0.272 e. The first kappa shape index (κ1) is 14.8. The van der Waals surface area contributed by atoms with Gasteiger partial charge in [-0.05, 0) is 26.0 Å². The van der Waals surface area contributed by atoms with Gasteiger partial charge in [0, 0.05) is 24.2 Å². The van der Waals surface area contributed by atoms with Gasteiger partial charge in [0.15, 0.2) is 5.82 Å². The summed E-state index contributed by atoms with van der Waals surface area (Å²) in [4.78, 5) is 28.7. The number of carbonyl (C=O) groups excluding carboxylic acids is 1. The quantitative estimate of drug-likeness (QED) is 0.755. The number of carbonyl (C=O) groups is 1. The van der Waals surface area contributed by atoms with E-state index in [9.17, 15) is 4.79 Å². The van der Waals surface area contributed by atoms with Gasteiger partial charge in [0.1, 0.15) is 11.5 Å². The topological polar surface area (TPSA) is 109 Å². The van der Waals surface area contributed by atoms with Crippen molar-refractivity contribution in [1.29, 1.82) is 0 Å². The van der Waals surface area contributed by atoms with Crippen molar-refractivity contribution < 1.29 is 4.79 Å². The number of aromatic nitrogens is 6. The molecule has 0 aromatic carbocycles. The van der Waals surface area contributed by atoms with Crippen molar-refractivity contribution in [3.05, 3.63) is 54.1 Å². The molecular weight excluding hydrogens is 294 g/mol. The second kappa shape index (κ2) is 6.30. The van der Waals surface area contributed by atoms with Crippen LogP contribution in [0.5, 0.6) is 0 Å². The molecule has 116 valence electrons. The molecule has 8 heteroatoms. The van der Waals surface area contributed by atoms with Crippen LogP contribution in [0, 0.1) is 6.92 Å². The van der Waals surface area contributed by atoms with Crippen molar-refractivity contribution >= 4 is 5.91 Å². The molecule has 0 fully saturated rings. The van der Waals surface area contributed by atoms with Crippen LogP contribution in [0.15, 0.2) is 36.9 Å². The molecule has 3 aromatic heterocycles. The SMILES string of the molecule is Cc1cnc(C(=O)N[C@H](C)c2nc(-c3cccnc3)n[nH]2)cn1. The maximum absolute atomic E-state index is 12.1. The molecule has 0 spiro atoms. The molecule has 0 radical (unpaired) electrons. The lowest BCUT2D eigenvalue weighted by Crippen LogP contribution is -2.28. The molecule has 0 unspecified atom stereocenters. The summed E-state index contributed by atoms with van der Waals surface area (Å²) in [6.45, 7) is 3.62. The van der Waals surface area contributed by atoms with Crippen LogP contribution in [0.25, 0.3) is 11.4 Å². The average molecular weight is 309 g/mol. The third kappa shape index (κ3) is 3.37. The van der Waals surface area contributed by atoms with Crippen LogP contribution < -0.4 is 5.32 Å². The molecule has 3 rings (SSSR count). The van der Waals surface area contributed by atoms with Crippen LogP contribution in [0.3, 0.4) is 0 Å². The lowest BCUT2D eigenvalue weighted by molar-refractivity contribution is 0.0933. The zero-order valence-corrected chi connectivity index (χ0v) is 12.7. The minimum atomic E-state index is -0.344. The molecule has 0 saturated heterocycles. The van der Waals surface area contributed by atoms with E-state index in [1.54, 1.807) is 18.6 Å². The summed E-state index contributed by atoms with van der Waals surface area (Å²) in [5.74, 6) is 0.769. The number of rotatable bonds is 4. The Morgan fingerprint density at radius 2 is 2.13 bits per heavy atom. The highest BCUT2D eigenvalue weighted by Crippen LogP contribution is 2.15. The van der Waals surface area contributed by atoms with Gasteiger partial charge in [0.05, 0.1) is 17.9 Å². The number of pyridine rings is 1. The summed E-state index contributed by atoms with van der Waals surface area (Å²) >= 11 is 0. The number of hydrogen-bond acceptors (Lipinski definition) is 6. The number of nitrogens with zero attached hydrogens (tertiary/aromatic N) is 5. The lowest BCUT2D eigenvalue weighted by Gasteiger charge is -2.10. The molecule has 1 amide bonds. The molecule has 23 heavy (non-hydrogen) atoms. The molecule has 0 saturated carbocycles. The molecule has 0 aliphatic heterocycles. The summed E-state index contributed by atoms with van der Waals surface area (Å²) in [6.07, 6.45) is 6.36. The van der Waals surface area contributed by atoms with E-state index in [2.05, 4.69) is 35.5 Å². The Balaban J connectivity index is 1.71. The van der Waals surface area contributed by atoms with Crippen molar-refractivity contribution in [3.8, 4) is 11.4 Å². The van der Waals surface area contributed by atoms with E-state index in [1.807, 2.05) is 26.0 Å². The van der Waals surface area contributed by atoms with Crippen LogP contribution in [0.1, 0.15) is 35.0 Å². The van der Waals surface area contributed by atoms with Crippen molar-refractivity contribution in [2.45, 2.75) is 19.9 Å². The van der Waals surface area contributed by atoms with Gasteiger partial charge in [-0.15, -0.1) is 0 Å². The molecule has 8 nitrogen and oxygen atoms in total. The van der Waals surface area contributed by atoms with E-state index in [-0.39, 0.29) is 17.6 Å². The normalized spacial score (nSPS) is 11.9. The van der Waals surface area contributed by atoms with Crippen molar-refractivity contribution in [2.75, 3.05) is 0 Å². The van der Waals surface area contributed by atoms with Gasteiger partial charge in [0.25, 0.3) is 5.91 Å². The molecule has 3 heterocycles. The van der Waals surface area contributed by atoms with E-state index in [0.717, 1.165) is 11.3 Å². The summed E-state index contributed by atoms with van der Waals surface area (Å²) in [5, 5.41) is 9.78. The first-order valence-electron chi connectivity index (χ1n) is 7.05. The van der Waals surface area contributed by atoms with Gasteiger partial charge < -0.3 is 5.32 Å². The zero-order valence-electron chi connectivity index (χ0n) is 12.7. The number of amides is 1. The molecule has 0 aliphatic carbocycles. The highest BCUT2D eigenvalue weighted by atomic mass is 16.1. The third-order valence-corrected chi connectivity index (χ3v) is 3.19. The summed E-state index contributed by atoms with van der Waals surface area (Å²) in [5.41, 5.74) is 1.82. The van der Waals surface area contributed by atoms with Crippen molar-refractivity contribution in [3.63, 3.8) is 0 Å². The van der Waals surface area contributed by atoms with Crippen LogP contribution in [0.2, 0.25) is 0 Å². The number of H-pyrrole nitrogens is 1. The van der Waals surface area contributed by atoms with Crippen LogP contribution in [-0.4, -0.2) is 36.0 Å². The highest BCUT2D eigenvalue weighted by Gasteiger charge is 2.16. The molecule has 0 bridgehead atoms. The fourth-order valence-electron chi connectivity index (χ4n) is 1.94. The first-order chi connectivity index (χ1) is 11.1. The highest BCUT2D eigenvalue weighted by molar-refractivity contribution is 5.92. The Morgan fingerprint density at radius 1 is 1.26 bits per heavy atom. The zero-order chi connectivity index (χ0) is 16.2. The second-order valence-electron chi connectivity index (χ2n) is 5.02. The molecule has 2 N–H and O–H groups in total. The number of aryl methyl sites for hydroxylation is 1. The molecular formula is C15H15N7O. The molecule has 1 atom stereocenters. The maximum Gasteiger partial charge on any atom is 0.272 e. The van der Waals surface area contributed by atoms with Crippen LogP contribution in [0.4, 0.5) is 0 Å². The monoisotopic (exact) mass is 309 g/mol. The van der Waals surface area contributed by atoms with E-state index >= 15 is 0 Å². The standard InChI is InChI=1S/C15H15N7O/c1-9-6-18-12(8-17-9)15(23)19-10(2)13-20-14(22-21-13)11-4-3-5-16-7-11/h3-8,10H,1-2H3,(H,19,23)(H,20,21,22)/t10-/m1/s1. The average Bonchev–Trinajstić information content (AvgIpc) is 3.06. The van der Waals surface area contributed by atoms with E-state index in [1.165, 1.54) is 6.20 Å². The van der Waals surface area contributed by atoms with Crippen molar-refractivity contribution in [2.24, 2.45) is 0 Å². The Bertz CT molecular complexity index is 798. The van der Waals surface area contributed by atoms with Gasteiger partial charge in [-0.1, -0.05) is 0 Å². The Hall–Kier alpha value is -3.16. The lowest BCUT2D eigenvalue weighted by atomic mass is 10.2. The van der Waals surface area contributed by atoms with Gasteiger partial charge in [-0.25, -0.2) is 9.97 Å². The van der Waals surface area contributed by atoms with E-state index in [4.69, 9.17) is 0 Å². The van der Waals surface area contributed by atoms with Crippen LogP contribution >= 0.6 is 0 Å². The van der Waals surface area contributed by atoms with Gasteiger partial charge in [-0.3, -0.25) is 19.9 Å². The minimum absolute atomic E-state index is 0.259. The molecule has 0 aliphatic rings. The Morgan fingerprint density at radius 3 is 2.83 bits per heavy atom. The minimum Gasteiger partial charge on any atom is -0.341 e. The number of aromatic amines is 1. The van der Waals surface area contributed by atoms with Gasteiger partial charge >= 0.3 is 0 Å². The van der Waals surface area contributed by atoms with Crippen LogP contribution in [-0.2, 0) is 0 Å². The van der Waals surface area contributed by atoms with E-state index < -0.39 is 0 Å². The van der Waals surface area contributed by atoms with Crippen molar-refractivity contribution in [1.82, 2.24) is 35.5 Å². The number of hydrogen-bond donors (Lipinski definition) is 2. The largest absolute Gasteiger partial charge is 0.341 e. The predicted octanol–water partition coefficient (Wildman–Crippen LogP) is 1.46. The third-order valence-electron chi connectivity index (χ3n) is 3.19. The van der Waals surface area contributed by atoms with E-state index in [0.29, 0.717) is 11.6 Å². The fraction of sp³-hybridized carbons (Fsp3) is 0.200. The predicted molar refractivity (Wildman–Crippen MR) is 82.3 cm³/mol. The summed E-state index contributed by atoms with van der Waals surface area (Å²) in [6, 6.07) is 3.33. The Labute approximate surface area is 132 Å². The van der Waals surface area contributed by atoms with Gasteiger partial charge in [0.2, 0.25) is 0 Å². The summed E-state index contributed by atoms with van der Waals surface area (Å²) < 4.78 is 0. The second-order valence-corrected chi connectivity index (χ2v) is 5.02. The first-order valence-corrected chi connectivity index (χ1v) is 7.05. The maximum atomic E-state index is 12.1.